The van der Waals surface area contributed by atoms with Crippen LogP contribution in [0.1, 0.15) is 450 Å². The number of carbonyl (C=O) groups is 3. The van der Waals surface area contributed by atoms with E-state index >= 15 is 0 Å². The minimum Gasteiger partial charge on any atom is -0.477 e. The molecule has 0 radical (unpaired) electrons. The van der Waals surface area contributed by atoms with Crippen molar-refractivity contribution in [3.05, 3.63) is 48.6 Å². The summed E-state index contributed by atoms with van der Waals surface area (Å²) in [4.78, 5) is 37.8. The van der Waals surface area contributed by atoms with Crippen LogP contribution >= 0.6 is 0 Å². The maximum absolute atomic E-state index is 13.0. The van der Waals surface area contributed by atoms with Gasteiger partial charge in [-0.05, 0) is 51.4 Å². The van der Waals surface area contributed by atoms with Crippen molar-refractivity contribution < 1.29 is 42.9 Å². The molecule has 1 N–H and O–H groups in total. The highest BCUT2D eigenvalue weighted by atomic mass is 16.7. The van der Waals surface area contributed by atoms with E-state index in [4.69, 9.17) is 18.9 Å². The molecule has 0 rings (SSSR count). The van der Waals surface area contributed by atoms with Gasteiger partial charge in [0.2, 0.25) is 0 Å². The number of unbranched alkanes of at least 4 members (excludes halogenated alkanes) is 60. The van der Waals surface area contributed by atoms with Gasteiger partial charge < -0.3 is 28.5 Å². The van der Waals surface area contributed by atoms with Gasteiger partial charge in [0, 0.05) is 12.8 Å². The summed E-state index contributed by atoms with van der Waals surface area (Å²) in [7, 11) is 6.00. The summed E-state index contributed by atoms with van der Waals surface area (Å²) in [5.41, 5.74) is 0. The van der Waals surface area contributed by atoms with E-state index in [1.54, 1.807) is 0 Å². The molecule has 2 atom stereocenters. The zero-order valence-corrected chi connectivity index (χ0v) is 66.9. The topological polar surface area (TPSA) is 108 Å². The van der Waals surface area contributed by atoms with Crippen LogP contribution in [0.15, 0.2) is 48.6 Å². The number of quaternary nitrogens is 1. The molecule has 0 aromatic heterocycles. The second kappa shape index (κ2) is 80.9. The lowest BCUT2D eigenvalue weighted by molar-refractivity contribution is -0.870. The minimum atomic E-state index is -1.51. The van der Waals surface area contributed by atoms with Crippen molar-refractivity contribution in [2.24, 2.45) is 0 Å². The molecule has 0 aliphatic heterocycles. The Bertz CT molecular complexity index is 1770. The number of hydrogen-bond donors (Lipinski definition) is 1. The lowest BCUT2D eigenvalue weighted by Gasteiger charge is -2.25. The maximum atomic E-state index is 13.0. The molecule has 9 heteroatoms. The highest BCUT2D eigenvalue weighted by molar-refractivity contribution is 5.71. The van der Waals surface area contributed by atoms with Crippen LogP contribution in [0.3, 0.4) is 0 Å². The first-order chi connectivity index (χ1) is 48.6. The Labute approximate surface area is 616 Å². The standard InChI is InChI=1S/C90H169NO8/c1-6-8-10-12-14-16-18-20-22-24-26-28-30-32-34-36-38-40-42-44-46-48-50-52-54-56-58-60-62-64-66-68-70-72-74-76-78-80-87(92)97-84-86(85-98-90(89(94)95)96-83-82-91(3,4)5)99-88(93)81-79-77-75-73-71-69-67-65-63-61-59-57-55-53-51-49-47-45-43-41-39-37-35-33-31-29-27-25-23-21-19-17-15-13-11-9-7-2/h9,11,15,17,21,23,27,29,86,90H,6-8,10,12-14,16,18-20,22,24-26,28,30-85H2,1-5H3/p+1/b11-9-,17-15-,23-21-,29-27-. The number of carboxylic acids is 1. The van der Waals surface area contributed by atoms with Crippen molar-refractivity contribution in [1.82, 2.24) is 0 Å². The fourth-order valence-corrected chi connectivity index (χ4v) is 13.5. The summed E-state index contributed by atoms with van der Waals surface area (Å²) in [6, 6.07) is 0. The third kappa shape index (κ3) is 82.4. The molecule has 0 amide bonds. The first kappa shape index (κ1) is 96.2. The summed E-state index contributed by atoms with van der Waals surface area (Å²) >= 11 is 0. The largest absolute Gasteiger partial charge is 0.477 e. The number of nitrogens with zero attached hydrogens (tertiary/aromatic N) is 1. The van der Waals surface area contributed by atoms with E-state index in [0.29, 0.717) is 17.4 Å². The van der Waals surface area contributed by atoms with Crippen LogP contribution in [-0.4, -0.2) is 87.4 Å². The van der Waals surface area contributed by atoms with Crippen LogP contribution in [0.25, 0.3) is 0 Å². The molecular formula is C90H170NO8+. The van der Waals surface area contributed by atoms with E-state index in [1.807, 2.05) is 21.1 Å². The van der Waals surface area contributed by atoms with E-state index in [0.717, 1.165) is 64.2 Å². The van der Waals surface area contributed by atoms with Crippen LogP contribution in [0.2, 0.25) is 0 Å². The number of hydrogen-bond acceptors (Lipinski definition) is 7. The van der Waals surface area contributed by atoms with E-state index in [2.05, 4.69) is 62.5 Å². The average molecular weight is 1390 g/mol. The Morgan fingerprint density at radius 2 is 0.576 bits per heavy atom. The quantitative estimate of drug-likeness (QED) is 0.0211. The van der Waals surface area contributed by atoms with Gasteiger partial charge in [-0.25, -0.2) is 4.79 Å². The number of rotatable bonds is 83. The zero-order valence-electron chi connectivity index (χ0n) is 66.9. The lowest BCUT2D eigenvalue weighted by Crippen LogP contribution is -2.40. The smallest absolute Gasteiger partial charge is 0.361 e. The molecule has 0 heterocycles. The predicted molar refractivity (Wildman–Crippen MR) is 429 cm³/mol. The molecule has 2 unspecified atom stereocenters. The maximum Gasteiger partial charge on any atom is 0.361 e. The fraction of sp³-hybridized carbons (Fsp3) is 0.878. The molecule has 0 aliphatic carbocycles. The first-order valence-electron chi connectivity index (χ1n) is 43.8. The highest BCUT2D eigenvalue weighted by Gasteiger charge is 2.25. The fourth-order valence-electron chi connectivity index (χ4n) is 13.5. The monoisotopic (exact) mass is 1390 g/mol. The number of allylic oxidation sites excluding steroid dienone is 8. The van der Waals surface area contributed by atoms with Crippen molar-refractivity contribution >= 4 is 17.9 Å². The molecule has 9 nitrogen and oxygen atoms in total. The van der Waals surface area contributed by atoms with Crippen molar-refractivity contribution in [3.63, 3.8) is 0 Å². The summed E-state index contributed by atoms with van der Waals surface area (Å²) in [5, 5.41) is 9.79. The number of likely N-dealkylation sites (N-methyl/N-ethyl adjacent to an activating group) is 1. The third-order valence-electron chi connectivity index (χ3n) is 20.1. The van der Waals surface area contributed by atoms with Crippen LogP contribution in [0.5, 0.6) is 0 Å². The number of carbonyl (C=O) groups excluding carboxylic acids is 2. The van der Waals surface area contributed by atoms with Gasteiger partial charge >= 0.3 is 17.9 Å². The Kier molecular flexibility index (Phi) is 78.7. The van der Waals surface area contributed by atoms with Crippen molar-refractivity contribution in [2.75, 3.05) is 47.5 Å². The van der Waals surface area contributed by atoms with Gasteiger partial charge in [0.25, 0.3) is 6.29 Å². The molecule has 582 valence electrons. The Morgan fingerprint density at radius 3 is 0.859 bits per heavy atom. The van der Waals surface area contributed by atoms with Crippen molar-refractivity contribution in [3.8, 4) is 0 Å². The Balaban J connectivity index is 3.90. The van der Waals surface area contributed by atoms with Gasteiger partial charge in [0.1, 0.15) is 13.2 Å². The summed E-state index contributed by atoms with van der Waals surface area (Å²) in [5.74, 6) is -1.97. The van der Waals surface area contributed by atoms with E-state index < -0.39 is 18.4 Å². The third-order valence-corrected chi connectivity index (χ3v) is 20.1. The van der Waals surface area contributed by atoms with Crippen LogP contribution in [-0.2, 0) is 33.3 Å². The summed E-state index contributed by atoms with van der Waals surface area (Å²) in [6.45, 7) is 4.86. The van der Waals surface area contributed by atoms with Crippen LogP contribution < -0.4 is 0 Å². The lowest BCUT2D eigenvalue weighted by atomic mass is 10.0. The first-order valence-corrected chi connectivity index (χ1v) is 43.8. The van der Waals surface area contributed by atoms with Crippen molar-refractivity contribution in [1.29, 1.82) is 0 Å². The van der Waals surface area contributed by atoms with Gasteiger partial charge in [0.05, 0.1) is 34.4 Å². The number of carboxylic acid groups (broad SMARTS) is 1. The van der Waals surface area contributed by atoms with E-state index in [-0.39, 0.29) is 38.2 Å². The molecule has 0 bridgehead atoms. The highest BCUT2D eigenvalue weighted by Crippen LogP contribution is 2.21. The van der Waals surface area contributed by atoms with Gasteiger partial charge in [-0.3, -0.25) is 9.59 Å². The van der Waals surface area contributed by atoms with Gasteiger partial charge in [-0.2, -0.15) is 0 Å². The summed E-state index contributed by atoms with van der Waals surface area (Å²) in [6.07, 6.45) is 105. The van der Waals surface area contributed by atoms with Crippen LogP contribution in [0.4, 0.5) is 0 Å². The second-order valence-electron chi connectivity index (χ2n) is 31.2. The number of ether oxygens (including phenoxy) is 4. The molecule has 99 heavy (non-hydrogen) atoms. The Morgan fingerprint density at radius 1 is 0.313 bits per heavy atom. The van der Waals surface area contributed by atoms with E-state index in [9.17, 15) is 19.5 Å². The molecule has 0 aliphatic rings. The van der Waals surface area contributed by atoms with Gasteiger partial charge in [-0.1, -0.05) is 435 Å². The van der Waals surface area contributed by atoms with Gasteiger partial charge in [0.15, 0.2) is 6.10 Å². The SMILES string of the molecule is CC/C=C\C/C=C\C/C=C\C/C=C\CCCCCCCCCCCCCCCCCCCCCCCCCCC(=O)OC(COC(=O)CCCCCCCCCCCCCCCCCCCCCCCCCCCCCCCCCCCCCCC)COC(OCC[N+](C)(C)C)C(=O)O. The molecule has 0 saturated heterocycles. The number of aliphatic carboxylic acids is 1. The van der Waals surface area contributed by atoms with Crippen LogP contribution in [0, 0.1) is 0 Å². The minimum absolute atomic E-state index is 0.175. The molecule has 0 saturated carbocycles. The zero-order chi connectivity index (χ0) is 71.8. The molecule has 0 aromatic rings. The Hall–Kier alpha value is -2.75. The average Bonchev–Trinajstić information content (AvgIpc) is 2.19. The second-order valence-corrected chi connectivity index (χ2v) is 31.2. The molecular weight excluding hydrogens is 1220 g/mol. The summed E-state index contributed by atoms with van der Waals surface area (Å²) < 4.78 is 23.1. The van der Waals surface area contributed by atoms with Gasteiger partial charge in [-0.15, -0.1) is 0 Å². The molecule has 0 aromatic carbocycles. The number of esters is 2. The predicted octanol–water partition coefficient (Wildman–Crippen LogP) is 28.4. The normalized spacial score (nSPS) is 12.8. The van der Waals surface area contributed by atoms with E-state index in [1.165, 1.54) is 360 Å². The molecule has 0 fully saturated rings. The molecule has 0 spiro atoms. The van der Waals surface area contributed by atoms with Crippen molar-refractivity contribution in [2.45, 2.75) is 463 Å².